The monoisotopic (exact) mass is 169 g/mol. The summed E-state index contributed by atoms with van der Waals surface area (Å²) >= 11 is 0. The quantitative estimate of drug-likeness (QED) is 0.604. The van der Waals surface area contributed by atoms with Gasteiger partial charge in [-0.15, -0.1) is 10.2 Å². The van der Waals surface area contributed by atoms with Crippen LogP contribution in [0.3, 0.4) is 0 Å². The zero-order valence-electron chi connectivity index (χ0n) is 7.15. The first kappa shape index (κ1) is 7.69. The summed E-state index contributed by atoms with van der Waals surface area (Å²) < 4.78 is 0. The predicted molar refractivity (Wildman–Crippen MR) is 49.0 cm³/mol. The Morgan fingerprint density at radius 1 is 1.23 bits per heavy atom. The molecule has 0 atom stereocenters. The van der Waals surface area contributed by atoms with Gasteiger partial charge in [0.25, 0.3) is 0 Å². The number of rotatable bonds is 0. The Labute approximate surface area is 75.6 Å². The van der Waals surface area contributed by atoms with E-state index in [0.717, 1.165) is 16.5 Å². The van der Waals surface area contributed by atoms with Gasteiger partial charge >= 0.3 is 0 Å². The second-order valence-corrected chi connectivity index (χ2v) is 2.80. The Morgan fingerprint density at radius 3 is 2.77 bits per heavy atom. The van der Waals surface area contributed by atoms with Gasteiger partial charge in [0.1, 0.15) is 6.07 Å². The fourth-order valence-corrected chi connectivity index (χ4v) is 1.29. The second kappa shape index (κ2) is 2.83. The molecule has 2 rings (SSSR count). The Hall–Kier alpha value is -1.95. The SMILES string of the molecule is Cc1c(C#N)nnc2ccccc12. The predicted octanol–water partition coefficient (Wildman–Crippen LogP) is 1.81. The Bertz CT molecular complexity index is 497. The first-order valence-electron chi connectivity index (χ1n) is 3.95. The Balaban J connectivity index is 2.89. The lowest BCUT2D eigenvalue weighted by Crippen LogP contribution is -1.93. The summed E-state index contributed by atoms with van der Waals surface area (Å²) in [4.78, 5) is 0. The number of hydrogen-bond acceptors (Lipinski definition) is 3. The maximum atomic E-state index is 8.73. The summed E-state index contributed by atoms with van der Waals surface area (Å²) in [6.07, 6.45) is 0. The molecule has 0 aliphatic carbocycles. The zero-order chi connectivity index (χ0) is 9.26. The molecule has 13 heavy (non-hydrogen) atoms. The molecule has 0 spiro atoms. The highest BCUT2D eigenvalue weighted by molar-refractivity contribution is 5.82. The summed E-state index contributed by atoms with van der Waals surface area (Å²) in [6.45, 7) is 1.88. The Morgan fingerprint density at radius 2 is 2.00 bits per heavy atom. The van der Waals surface area contributed by atoms with Crippen molar-refractivity contribution in [2.24, 2.45) is 0 Å². The molecule has 0 saturated heterocycles. The number of aromatic nitrogens is 2. The fourth-order valence-electron chi connectivity index (χ4n) is 1.29. The third-order valence-corrected chi connectivity index (χ3v) is 2.03. The van der Waals surface area contributed by atoms with E-state index in [1.54, 1.807) is 0 Å². The second-order valence-electron chi connectivity index (χ2n) is 2.80. The highest BCUT2D eigenvalue weighted by atomic mass is 15.1. The average molecular weight is 169 g/mol. The summed E-state index contributed by atoms with van der Waals surface area (Å²) in [5.41, 5.74) is 2.13. The molecule has 0 N–H and O–H groups in total. The van der Waals surface area contributed by atoms with E-state index in [9.17, 15) is 0 Å². The number of fused-ring (bicyclic) bond motifs is 1. The molecule has 3 nitrogen and oxygen atoms in total. The van der Waals surface area contributed by atoms with Crippen LogP contribution in [0, 0.1) is 18.3 Å². The molecule has 0 aliphatic heterocycles. The Kier molecular flexibility index (Phi) is 1.67. The molecule has 0 bridgehead atoms. The van der Waals surface area contributed by atoms with Crippen LogP contribution in [0.2, 0.25) is 0 Å². The zero-order valence-corrected chi connectivity index (χ0v) is 7.15. The van der Waals surface area contributed by atoms with Crippen LogP contribution in [-0.2, 0) is 0 Å². The molecular weight excluding hydrogens is 162 g/mol. The van der Waals surface area contributed by atoms with E-state index >= 15 is 0 Å². The van der Waals surface area contributed by atoms with E-state index in [0.29, 0.717) is 5.69 Å². The normalized spacial score (nSPS) is 9.85. The van der Waals surface area contributed by atoms with Crippen molar-refractivity contribution in [3.05, 3.63) is 35.5 Å². The lowest BCUT2D eigenvalue weighted by Gasteiger charge is -1.99. The standard InChI is InChI=1S/C10H7N3/c1-7-8-4-2-3-5-9(8)12-13-10(7)6-11/h2-5H,1H3. The number of aryl methyl sites for hydroxylation is 1. The van der Waals surface area contributed by atoms with Crippen molar-refractivity contribution >= 4 is 10.9 Å². The van der Waals surface area contributed by atoms with Gasteiger partial charge in [0.05, 0.1) is 5.52 Å². The van der Waals surface area contributed by atoms with Crippen molar-refractivity contribution in [2.75, 3.05) is 0 Å². The minimum absolute atomic E-state index is 0.402. The average Bonchev–Trinajstić information content (AvgIpc) is 2.19. The summed E-state index contributed by atoms with van der Waals surface area (Å²) in [5, 5.41) is 17.5. The molecule has 1 heterocycles. The maximum absolute atomic E-state index is 8.73. The van der Waals surface area contributed by atoms with Gasteiger partial charge < -0.3 is 0 Å². The van der Waals surface area contributed by atoms with Crippen molar-refractivity contribution in [2.45, 2.75) is 6.92 Å². The van der Waals surface area contributed by atoms with Crippen molar-refractivity contribution in [3.8, 4) is 6.07 Å². The van der Waals surface area contributed by atoms with Crippen LogP contribution in [0.5, 0.6) is 0 Å². The first-order valence-corrected chi connectivity index (χ1v) is 3.95. The smallest absolute Gasteiger partial charge is 0.166 e. The molecular formula is C10H7N3. The minimum Gasteiger partial charge on any atom is -0.191 e. The molecule has 62 valence electrons. The fraction of sp³-hybridized carbons (Fsp3) is 0.100. The lowest BCUT2D eigenvalue weighted by atomic mass is 10.1. The van der Waals surface area contributed by atoms with Crippen LogP contribution in [-0.4, -0.2) is 10.2 Å². The number of nitriles is 1. The van der Waals surface area contributed by atoms with E-state index in [1.165, 1.54) is 0 Å². The van der Waals surface area contributed by atoms with E-state index in [1.807, 2.05) is 37.3 Å². The van der Waals surface area contributed by atoms with Gasteiger partial charge in [-0.3, -0.25) is 0 Å². The van der Waals surface area contributed by atoms with Crippen molar-refractivity contribution < 1.29 is 0 Å². The molecule has 1 aromatic carbocycles. The van der Waals surface area contributed by atoms with Crippen LogP contribution in [0.15, 0.2) is 24.3 Å². The van der Waals surface area contributed by atoms with Gasteiger partial charge in [-0.2, -0.15) is 5.26 Å². The molecule has 0 saturated carbocycles. The molecule has 0 fully saturated rings. The van der Waals surface area contributed by atoms with Crippen molar-refractivity contribution in [1.29, 1.82) is 5.26 Å². The van der Waals surface area contributed by atoms with Crippen LogP contribution in [0.1, 0.15) is 11.3 Å². The van der Waals surface area contributed by atoms with Gasteiger partial charge in [0.15, 0.2) is 5.69 Å². The number of benzene rings is 1. The van der Waals surface area contributed by atoms with E-state index in [4.69, 9.17) is 5.26 Å². The third kappa shape index (κ3) is 1.13. The molecule has 1 aromatic heterocycles. The van der Waals surface area contributed by atoms with E-state index < -0.39 is 0 Å². The third-order valence-electron chi connectivity index (χ3n) is 2.03. The highest BCUT2D eigenvalue weighted by Crippen LogP contribution is 2.16. The summed E-state index contributed by atoms with van der Waals surface area (Å²) in [6, 6.07) is 9.68. The van der Waals surface area contributed by atoms with Gasteiger partial charge in [-0.1, -0.05) is 18.2 Å². The summed E-state index contributed by atoms with van der Waals surface area (Å²) in [7, 11) is 0. The van der Waals surface area contributed by atoms with Crippen LogP contribution in [0.25, 0.3) is 10.9 Å². The van der Waals surface area contributed by atoms with E-state index in [-0.39, 0.29) is 0 Å². The molecule has 0 amide bonds. The first-order chi connectivity index (χ1) is 6.33. The number of hydrogen-bond donors (Lipinski definition) is 0. The maximum Gasteiger partial charge on any atom is 0.166 e. The minimum atomic E-state index is 0.402. The van der Waals surface area contributed by atoms with Gasteiger partial charge in [-0.05, 0) is 18.6 Å². The molecule has 2 aromatic rings. The lowest BCUT2D eigenvalue weighted by molar-refractivity contribution is 1.03. The molecule has 0 unspecified atom stereocenters. The highest BCUT2D eigenvalue weighted by Gasteiger charge is 2.03. The van der Waals surface area contributed by atoms with Crippen LogP contribution < -0.4 is 0 Å². The van der Waals surface area contributed by atoms with Crippen molar-refractivity contribution in [1.82, 2.24) is 10.2 Å². The summed E-state index contributed by atoms with van der Waals surface area (Å²) in [5.74, 6) is 0. The van der Waals surface area contributed by atoms with Gasteiger partial charge in [0, 0.05) is 5.39 Å². The topological polar surface area (TPSA) is 49.6 Å². The van der Waals surface area contributed by atoms with E-state index in [2.05, 4.69) is 10.2 Å². The largest absolute Gasteiger partial charge is 0.191 e. The van der Waals surface area contributed by atoms with Crippen molar-refractivity contribution in [3.63, 3.8) is 0 Å². The van der Waals surface area contributed by atoms with Crippen LogP contribution >= 0.6 is 0 Å². The molecule has 3 heteroatoms. The molecule has 0 aliphatic rings. The van der Waals surface area contributed by atoms with Gasteiger partial charge in [0.2, 0.25) is 0 Å². The molecule has 0 radical (unpaired) electrons. The van der Waals surface area contributed by atoms with Crippen LogP contribution in [0.4, 0.5) is 0 Å². The van der Waals surface area contributed by atoms with Gasteiger partial charge in [-0.25, -0.2) is 0 Å². The number of nitrogens with zero attached hydrogens (tertiary/aromatic N) is 3.